The van der Waals surface area contributed by atoms with Gasteiger partial charge in [-0.1, -0.05) is 132 Å². The van der Waals surface area contributed by atoms with Gasteiger partial charge in [0.05, 0.1) is 39.1 Å². The number of rotatable bonds is 20. The lowest BCUT2D eigenvalue weighted by molar-refractivity contribution is -0.150. The summed E-state index contributed by atoms with van der Waals surface area (Å²) in [6.07, 6.45) is 32.3. The maximum Gasteiger partial charge on any atom is 0.329 e. The van der Waals surface area contributed by atoms with Gasteiger partial charge in [-0.3, -0.25) is 19.2 Å². The van der Waals surface area contributed by atoms with Gasteiger partial charge in [0.2, 0.25) is 11.8 Å². The smallest absolute Gasteiger partial charge is 0.329 e. The molecule has 496 valence electrons. The van der Waals surface area contributed by atoms with Gasteiger partial charge in [0.15, 0.2) is 22.7 Å². The van der Waals surface area contributed by atoms with Crippen LogP contribution in [-0.4, -0.2) is 51.2 Å². The van der Waals surface area contributed by atoms with Gasteiger partial charge in [-0.05, 0) is 233 Å². The molecule has 0 unspecified atom stereocenters. The van der Waals surface area contributed by atoms with Crippen molar-refractivity contribution in [2.75, 3.05) is 0 Å². The number of hydrogen-bond donors (Lipinski definition) is 3. The van der Waals surface area contributed by atoms with Crippen LogP contribution in [0, 0.1) is 37.1 Å². The van der Waals surface area contributed by atoms with Crippen LogP contribution in [0.4, 0.5) is 27.1 Å². The molecule has 0 atom stereocenters. The van der Waals surface area contributed by atoms with Crippen LogP contribution < -0.4 is 10.6 Å². The molecule has 94 heavy (non-hydrogen) atoms. The van der Waals surface area contributed by atoms with Crippen molar-refractivity contribution >= 4 is 52.1 Å². The zero-order valence-electron chi connectivity index (χ0n) is 56.4. The second-order valence-electron chi connectivity index (χ2n) is 31.2. The normalized spacial score (nSPS) is 23.0. The Morgan fingerprint density at radius 2 is 0.755 bits per heavy atom. The van der Waals surface area contributed by atoms with Crippen molar-refractivity contribution in [3.05, 3.63) is 162 Å². The molecule has 9 saturated carbocycles. The van der Waals surface area contributed by atoms with E-state index < -0.39 is 17.2 Å². The Labute approximate surface area is 559 Å². The van der Waals surface area contributed by atoms with E-state index in [0.717, 1.165) is 83.4 Å². The molecule has 3 N–H and O–H groups in total. The maximum absolute atomic E-state index is 14.0. The summed E-state index contributed by atoms with van der Waals surface area (Å²) in [5.41, 5.74) is 10.6. The van der Waals surface area contributed by atoms with Gasteiger partial charge in [0, 0.05) is 31.2 Å². The minimum Gasteiger partial charge on any atom is -0.480 e. The molecule has 2 amide bonds. The number of Topliss-reactive ketones (excluding diaryl/α,β-unsaturated/α-hetero) is 2. The molecule has 4 aromatic carbocycles. The minimum atomic E-state index is -1.39. The third-order valence-electron chi connectivity index (χ3n) is 22.0. The summed E-state index contributed by atoms with van der Waals surface area (Å²) in [5.74, 6) is 2.03. The summed E-state index contributed by atoms with van der Waals surface area (Å²) in [6, 6.07) is 21.6. The summed E-state index contributed by atoms with van der Waals surface area (Å²) in [7, 11) is 0. The van der Waals surface area contributed by atoms with Crippen LogP contribution in [0.5, 0.6) is 0 Å². The van der Waals surface area contributed by atoms with Gasteiger partial charge in [0.25, 0.3) is 0 Å². The summed E-state index contributed by atoms with van der Waals surface area (Å²) in [6.45, 7) is 37.6. The number of nitrogens with one attached hydrogen (secondary N) is 2. The molecule has 0 spiro atoms. The number of carboxylic acid groups (broad SMARTS) is 1. The minimum absolute atomic E-state index is 0.00708. The summed E-state index contributed by atoms with van der Waals surface area (Å²) in [4.78, 5) is 76.3. The molecule has 0 aromatic heterocycles. The highest BCUT2D eigenvalue weighted by Crippen LogP contribution is 2.53. The fraction of sp³-hybridized carbons (Fsp3) is 0.593. The van der Waals surface area contributed by atoms with E-state index in [1.165, 1.54) is 158 Å². The first-order chi connectivity index (χ1) is 45.0. The van der Waals surface area contributed by atoms with Crippen molar-refractivity contribution in [2.24, 2.45) is 10.8 Å². The first kappa shape index (κ1) is 69.4. The monoisotopic (exact) mass is 1270 g/mol. The van der Waals surface area contributed by atoms with Crippen LogP contribution in [-0.2, 0) is 49.7 Å². The lowest BCUT2D eigenvalue weighted by Gasteiger charge is -2.39. The summed E-state index contributed by atoms with van der Waals surface area (Å²) >= 11 is 0. The molecular weight excluding hydrogens is 1170 g/mol. The summed E-state index contributed by atoms with van der Waals surface area (Å²) in [5, 5.41) is 15.4. The van der Waals surface area contributed by atoms with Crippen molar-refractivity contribution < 1.29 is 33.5 Å². The Morgan fingerprint density at radius 1 is 0.426 bits per heavy atom. The average Bonchev–Trinajstić information content (AvgIpc) is 1.68. The van der Waals surface area contributed by atoms with Crippen LogP contribution in [0.2, 0.25) is 0 Å². The molecule has 0 aliphatic heterocycles. The van der Waals surface area contributed by atoms with Gasteiger partial charge in [0.1, 0.15) is 22.8 Å². The van der Waals surface area contributed by atoms with Crippen LogP contribution >= 0.6 is 0 Å². The Kier molecular flexibility index (Phi) is 22.2. The highest BCUT2D eigenvalue weighted by molar-refractivity contribution is 5.88. The first-order valence-corrected chi connectivity index (χ1v) is 35.6. The molecule has 13 heteroatoms. The SMILES string of the molecule is [C-]#[N+]c1c(C2CC2)cc(CC(=O)CC2(C)CCCCC2)cc1C1CC1.[C-]#[N+]c1ccc(CC(=O)CC2(C)CCCCC2)cc1C1CC1.[C-]#[N+]c1ccc(CC(=O)NC2(C(=O)O)CCC(C)(F)CC2)cc1C1CC1.[C-]#[N+]c1ccc(CC(=O)NC2(C)CCCC2)cc1C1CC1. The third-order valence-corrected chi connectivity index (χ3v) is 22.0. The molecule has 0 heterocycles. The van der Waals surface area contributed by atoms with Crippen LogP contribution in [0.15, 0.2) is 66.7 Å². The van der Waals surface area contributed by atoms with Gasteiger partial charge < -0.3 is 15.7 Å². The molecular formula is C81H99FN6O6. The lowest BCUT2D eigenvalue weighted by atomic mass is 9.72. The average molecular weight is 1270 g/mol. The van der Waals surface area contributed by atoms with E-state index >= 15 is 0 Å². The number of benzene rings is 4. The van der Waals surface area contributed by atoms with Gasteiger partial charge in [-0.25, -0.2) is 28.6 Å². The number of aliphatic carboxylic acids is 1. The second-order valence-corrected chi connectivity index (χ2v) is 31.2. The zero-order chi connectivity index (χ0) is 66.8. The second kappa shape index (κ2) is 30.1. The molecule has 9 fully saturated rings. The Bertz CT molecular complexity index is 3590. The number of carbonyl (C=O) groups excluding carboxylic acids is 4. The Morgan fingerprint density at radius 3 is 1.11 bits per heavy atom. The van der Waals surface area contributed by atoms with Crippen LogP contribution in [0.1, 0.15) is 300 Å². The van der Waals surface area contributed by atoms with Gasteiger partial charge in [-0.2, -0.15) is 0 Å². The highest BCUT2D eigenvalue weighted by Gasteiger charge is 2.47. The van der Waals surface area contributed by atoms with Gasteiger partial charge >= 0.3 is 5.97 Å². The highest BCUT2D eigenvalue weighted by atomic mass is 19.1. The van der Waals surface area contributed by atoms with E-state index in [9.17, 15) is 33.5 Å². The molecule has 0 bridgehead atoms. The van der Waals surface area contributed by atoms with Gasteiger partial charge in [-0.15, -0.1) is 0 Å². The largest absolute Gasteiger partial charge is 0.480 e. The van der Waals surface area contributed by atoms with Crippen LogP contribution in [0.25, 0.3) is 19.4 Å². The predicted molar refractivity (Wildman–Crippen MR) is 369 cm³/mol. The molecule has 0 radical (unpaired) electrons. The zero-order valence-corrected chi connectivity index (χ0v) is 56.4. The van der Waals surface area contributed by atoms with E-state index in [2.05, 4.69) is 75.1 Å². The number of amides is 2. The number of halogens is 1. The number of alkyl halides is 1. The van der Waals surface area contributed by atoms with Crippen molar-refractivity contribution in [3.8, 4) is 0 Å². The van der Waals surface area contributed by atoms with E-state index in [0.29, 0.717) is 66.1 Å². The van der Waals surface area contributed by atoms with E-state index in [1.54, 1.807) is 12.1 Å². The molecule has 13 rings (SSSR count). The predicted octanol–water partition coefficient (Wildman–Crippen LogP) is 20.1. The number of nitrogens with zero attached hydrogens (tertiary/aromatic N) is 4. The third kappa shape index (κ3) is 19.1. The molecule has 12 nitrogen and oxygen atoms in total. The van der Waals surface area contributed by atoms with Crippen molar-refractivity contribution in [2.45, 2.75) is 292 Å². The number of carbonyl (C=O) groups is 5. The van der Waals surface area contributed by atoms with E-state index in [1.807, 2.05) is 30.3 Å². The Balaban J connectivity index is 0.000000137. The topological polar surface area (TPSA) is 147 Å². The molecule has 9 aliphatic carbocycles. The fourth-order valence-corrected chi connectivity index (χ4v) is 15.6. The fourth-order valence-electron chi connectivity index (χ4n) is 15.6. The molecule has 0 saturated heterocycles. The quantitative estimate of drug-likeness (QED) is 0.0751. The first-order valence-electron chi connectivity index (χ1n) is 35.6. The molecule has 4 aromatic rings. The summed E-state index contributed by atoms with van der Waals surface area (Å²) < 4.78 is 14.0. The van der Waals surface area contributed by atoms with E-state index in [-0.39, 0.29) is 60.3 Å². The van der Waals surface area contributed by atoms with Crippen molar-refractivity contribution in [3.63, 3.8) is 0 Å². The number of ketones is 2. The van der Waals surface area contributed by atoms with Crippen LogP contribution in [0.3, 0.4) is 0 Å². The van der Waals surface area contributed by atoms with Crippen molar-refractivity contribution in [1.82, 2.24) is 10.6 Å². The maximum atomic E-state index is 14.0. The molecule has 9 aliphatic rings. The van der Waals surface area contributed by atoms with Crippen molar-refractivity contribution in [1.29, 1.82) is 0 Å². The number of carboxylic acids is 1. The number of hydrogen-bond acceptors (Lipinski definition) is 5. The lowest BCUT2D eigenvalue weighted by Crippen LogP contribution is -2.58. The standard InChI is InChI=1S/C23H29NO.C20H23FN2O3.C20H25NO.C18H22N2O/c1-23(10-4-3-5-11-23)15-19(25)12-16-13-20(17-6-7-17)22(24-2)21(14-16)18-8-9-18;1-19(21)7-9-20(10-8-19,18(25)26)23-17(24)12-13-3-6-16(22-2)15(11-13)14-4-5-14;1-20(10-4-3-5-11-20)14-17(22)12-15-6-9-19(21-2)18(13-15)16-7-8-16;1-18(9-3-4-10-18)20-17(21)12-13-5-8-16(19-2)15(11-13)14-6-7-14/h13-14,17-18H,3-12,15H2,1H3;3,6,11,14H,4-5,7-10,12H2,1H3,(H,23,24)(H,25,26);6,9,13,16H,3-5,7-8,10-12,14H2,1H3;5,8,11,14H,3-4,6-7,9-10,12H2,1H3,(H,20,21). The van der Waals surface area contributed by atoms with E-state index in [4.69, 9.17) is 26.3 Å². The Hall–Kier alpha value is -7.48.